The number of aryl methyl sites for hydroxylation is 1. The van der Waals surface area contributed by atoms with Crippen LogP contribution in [0.1, 0.15) is 36.8 Å². The molecule has 1 fully saturated rings. The molecule has 1 aliphatic carbocycles. The zero-order valence-corrected chi connectivity index (χ0v) is 10.8. The average molecular weight is 247 g/mol. The lowest BCUT2D eigenvalue weighted by Crippen LogP contribution is -2.36. The van der Waals surface area contributed by atoms with Gasteiger partial charge in [0.25, 0.3) is 0 Å². The molecule has 98 valence electrons. The van der Waals surface area contributed by atoms with Crippen LogP contribution >= 0.6 is 0 Å². The molecule has 4 heteroatoms. The molecule has 0 radical (unpaired) electrons. The Morgan fingerprint density at radius 2 is 2.11 bits per heavy atom. The maximum atomic E-state index is 11.9. The summed E-state index contributed by atoms with van der Waals surface area (Å²) in [6.45, 7) is 2.46. The van der Waals surface area contributed by atoms with E-state index in [-0.39, 0.29) is 6.03 Å². The lowest BCUT2D eigenvalue weighted by atomic mass is 10.1. The van der Waals surface area contributed by atoms with Gasteiger partial charge >= 0.3 is 6.03 Å². The maximum Gasteiger partial charge on any atom is 0.319 e. The molecule has 0 spiro atoms. The number of amides is 2. The van der Waals surface area contributed by atoms with Crippen molar-refractivity contribution in [2.75, 3.05) is 5.32 Å². The van der Waals surface area contributed by atoms with Crippen molar-refractivity contribution in [3.63, 3.8) is 0 Å². The second kappa shape index (κ2) is 5.87. The van der Waals surface area contributed by atoms with E-state index in [1.54, 1.807) is 0 Å². The number of rotatable bonds is 3. The van der Waals surface area contributed by atoms with E-state index in [1.165, 1.54) is 12.8 Å². The van der Waals surface area contributed by atoms with Crippen molar-refractivity contribution >= 4 is 11.7 Å². The molecule has 18 heavy (non-hydrogen) atoms. The fourth-order valence-corrected chi connectivity index (χ4v) is 2.34. The zero-order valence-electron chi connectivity index (χ0n) is 10.8. The van der Waals surface area contributed by atoms with Crippen molar-refractivity contribution in [2.45, 2.75) is 45.2 Å². The summed E-state index contributed by atoms with van der Waals surface area (Å²) >= 11 is 0. The Morgan fingerprint density at radius 3 is 2.78 bits per heavy atom. The second-order valence-corrected chi connectivity index (χ2v) is 4.93. The first-order chi connectivity index (χ1) is 8.69. The minimum Gasteiger partial charge on any atom is -0.335 e. The van der Waals surface area contributed by atoms with Crippen LogP contribution in [0.4, 0.5) is 10.5 Å². The van der Waals surface area contributed by atoms with Crippen molar-refractivity contribution in [2.24, 2.45) is 5.73 Å². The van der Waals surface area contributed by atoms with Gasteiger partial charge in [0.05, 0.1) is 0 Å². The molecule has 0 saturated heterocycles. The quantitative estimate of drug-likeness (QED) is 0.768. The number of hydrogen-bond acceptors (Lipinski definition) is 2. The predicted molar refractivity (Wildman–Crippen MR) is 73.5 cm³/mol. The summed E-state index contributed by atoms with van der Waals surface area (Å²) in [5.74, 6) is 0. The van der Waals surface area contributed by atoms with Gasteiger partial charge in [-0.1, -0.05) is 25.0 Å². The van der Waals surface area contributed by atoms with E-state index in [9.17, 15) is 4.79 Å². The van der Waals surface area contributed by atoms with Crippen LogP contribution in [-0.2, 0) is 6.54 Å². The van der Waals surface area contributed by atoms with E-state index in [4.69, 9.17) is 5.73 Å². The monoisotopic (exact) mass is 247 g/mol. The van der Waals surface area contributed by atoms with Crippen molar-refractivity contribution in [1.29, 1.82) is 0 Å². The van der Waals surface area contributed by atoms with Gasteiger partial charge in [-0.25, -0.2) is 4.79 Å². The SMILES string of the molecule is Cc1ccc(CN)cc1NC(=O)NC1CCCC1. The van der Waals surface area contributed by atoms with Gasteiger partial charge in [0.1, 0.15) is 0 Å². The Balaban J connectivity index is 1.97. The third-order valence-electron chi connectivity index (χ3n) is 3.48. The summed E-state index contributed by atoms with van der Waals surface area (Å²) in [5.41, 5.74) is 8.52. The summed E-state index contributed by atoms with van der Waals surface area (Å²) in [6, 6.07) is 6.12. The van der Waals surface area contributed by atoms with Crippen LogP contribution in [0.15, 0.2) is 18.2 Å². The highest BCUT2D eigenvalue weighted by Crippen LogP contribution is 2.19. The number of benzene rings is 1. The van der Waals surface area contributed by atoms with Crippen molar-refractivity contribution in [3.8, 4) is 0 Å². The highest BCUT2D eigenvalue weighted by Gasteiger charge is 2.17. The molecule has 0 heterocycles. The van der Waals surface area contributed by atoms with E-state index in [0.29, 0.717) is 12.6 Å². The number of carbonyl (C=O) groups excluding carboxylic acids is 1. The van der Waals surface area contributed by atoms with Gasteiger partial charge in [-0.05, 0) is 37.0 Å². The van der Waals surface area contributed by atoms with Gasteiger partial charge < -0.3 is 16.4 Å². The Kier molecular flexibility index (Phi) is 4.20. The Bertz CT molecular complexity index is 425. The van der Waals surface area contributed by atoms with Crippen LogP contribution in [0, 0.1) is 6.92 Å². The summed E-state index contributed by atoms with van der Waals surface area (Å²) in [7, 11) is 0. The third kappa shape index (κ3) is 3.23. The number of hydrogen-bond donors (Lipinski definition) is 3. The Hall–Kier alpha value is -1.55. The molecule has 0 atom stereocenters. The third-order valence-corrected chi connectivity index (χ3v) is 3.48. The van der Waals surface area contributed by atoms with E-state index in [1.807, 2.05) is 25.1 Å². The molecular weight excluding hydrogens is 226 g/mol. The first-order valence-corrected chi connectivity index (χ1v) is 6.56. The highest BCUT2D eigenvalue weighted by molar-refractivity contribution is 5.90. The molecule has 0 bridgehead atoms. The second-order valence-electron chi connectivity index (χ2n) is 4.93. The van der Waals surface area contributed by atoms with Gasteiger partial charge in [0.15, 0.2) is 0 Å². The molecule has 2 amide bonds. The lowest BCUT2D eigenvalue weighted by Gasteiger charge is -2.14. The smallest absolute Gasteiger partial charge is 0.319 e. The summed E-state index contributed by atoms with van der Waals surface area (Å²) in [4.78, 5) is 11.9. The highest BCUT2D eigenvalue weighted by atomic mass is 16.2. The minimum absolute atomic E-state index is 0.112. The molecule has 1 aromatic rings. The van der Waals surface area contributed by atoms with E-state index in [2.05, 4.69) is 10.6 Å². The zero-order chi connectivity index (χ0) is 13.0. The van der Waals surface area contributed by atoms with E-state index in [0.717, 1.165) is 29.7 Å². The van der Waals surface area contributed by atoms with Crippen LogP contribution in [0.2, 0.25) is 0 Å². The van der Waals surface area contributed by atoms with Gasteiger partial charge in [-0.15, -0.1) is 0 Å². The molecule has 0 unspecified atom stereocenters. The molecule has 4 nitrogen and oxygen atoms in total. The van der Waals surface area contributed by atoms with Gasteiger partial charge in [0.2, 0.25) is 0 Å². The fourth-order valence-electron chi connectivity index (χ4n) is 2.34. The van der Waals surface area contributed by atoms with Gasteiger partial charge in [0, 0.05) is 18.3 Å². The number of anilines is 1. The molecule has 4 N–H and O–H groups in total. The summed E-state index contributed by atoms with van der Waals surface area (Å²) in [5, 5.41) is 5.92. The van der Waals surface area contributed by atoms with E-state index >= 15 is 0 Å². The molecular formula is C14H21N3O. The molecule has 0 aromatic heterocycles. The van der Waals surface area contributed by atoms with Crippen LogP contribution in [0.5, 0.6) is 0 Å². The largest absolute Gasteiger partial charge is 0.335 e. The van der Waals surface area contributed by atoms with Crippen LogP contribution < -0.4 is 16.4 Å². The predicted octanol–water partition coefficient (Wildman–Crippen LogP) is 2.52. The summed E-state index contributed by atoms with van der Waals surface area (Å²) < 4.78 is 0. The number of nitrogens with one attached hydrogen (secondary N) is 2. The minimum atomic E-state index is -0.112. The number of urea groups is 1. The van der Waals surface area contributed by atoms with Crippen LogP contribution in [0.3, 0.4) is 0 Å². The molecule has 1 aliphatic rings. The molecule has 2 rings (SSSR count). The van der Waals surface area contributed by atoms with Crippen molar-refractivity contribution in [3.05, 3.63) is 29.3 Å². The maximum absolute atomic E-state index is 11.9. The molecule has 1 saturated carbocycles. The van der Waals surface area contributed by atoms with Crippen molar-refractivity contribution in [1.82, 2.24) is 5.32 Å². The Morgan fingerprint density at radius 1 is 1.39 bits per heavy atom. The normalized spacial score (nSPS) is 15.7. The molecule has 1 aromatic carbocycles. The fraction of sp³-hybridized carbons (Fsp3) is 0.500. The Labute approximate surface area is 108 Å². The standard InChI is InChI=1S/C14H21N3O/c1-10-6-7-11(9-15)8-13(10)17-14(18)16-12-4-2-3-5-12/h6-8,12H,2-5,9,15H2,1H3,(H2,16,17,18). The van der Waals surface area contributed by atoms with Crippen LogP contribution in [0.25, 0.3) is 0 Å². The van der Waals surface area contributed by atoms with Crippen LogP contribution in [-0.4, -0.2) is 12.1 Å². The first-order valence-electron chi connectivity index (χ1n) is 6.56. The average Bonchev–Trinajstić information content (AvgIpc) is 2.84. The topological polar surface area (TPSA) is 67.1 Å². The first kappa shape index (κ1) is 12.9. The number of nitrogens with two attached hydrogens (primary N) is 1. The lowest BCUT2D eigenvalue weighted by molar-refractivity contribution is 0.248. The number of carbonyl (C=O) groups is 1. The van der Waals surface area contributed by atoms with Gasteiger partial charge in [-0.2, -0.15) is 0 Å². The van der Waals surface area contributed by atoms with Crippen molar-refractivity contribution < 1.29 is 4.79 Å². The molecule has 0 aliphatic heterocycles. The van der Waals surface area contributed by atoms with Gasteiger partial charge in [-0.3, -0.25) is 0 Å². The summed E-state index contributed by atoms with van der Waals surface area (Å²) in [6.07, 6.45) is 4.61. The van der Waals surface area contributed by atoms with E-state index < -0.39 is 0 Å².